The van der Waals surface area contributed by atoms with Gasteiger partial charge in [-0.1, -0.05) is 6.92 Å². The molecule has 0 amide bonds. The first-order chi connectivity index (χ1) is 8.91. The molecule has 0 fully saturated rings. The molecule has 0 aliphatic carbocycles. The minimum absolute atomic E-state index is 0.0582. The zero-order valence-electron chi connectivity index (χ0n) is 12.0. The first kappa shape index (κ1) is 14.5. The molecule has 1 aliphatic heterocycles. The van der Waals surface area contributed by atoms with Gasteiger partial charge in [-0.25, -0.2) is 13.9 Å². The van der Waals surface area contributed by atoms with E-state index < -0.39 is 11.0 Å². The Balaban J connectivity index is 2.24. The van der Waals surface area contributed by atoms with Crippen LogP contribution in [0.4, 0.5) is 0 Å². The molecule has 2 heterocycles. The van der Waals surface area contributed by atoms with Gasteiger partial charge in [0.2, 0.25) is 5.88 Å². The zero-order valence-corrected chi connectivity index (χ0v) is 12.8. The highest BCUT2D eigenvalue weighted by molar-refractivity contribution is 7.84. The van der Waals surface area contributed by atoms with Crippen LogP contribution in [0.2, 0.25) is 0 Å². The Morgan fingerprint density at radius 3 is 2.89 bits per heavy atom. The molecule has 2 atom stereocenters. The summed E-state index contributed by atoms with van der Waals surface area (Å²) in [5.74, 6) is 0.673. The molecule has 5 heteroatoms. The predicted molar refractivity (Wildman–Crippen MR) is 77.5 cm³/mol. The molecule has 1 aliphatic rings. The third-order valence-corrected chi connectivity index (χ3v) is 4.78. The highest BCUT2D eigenvalue weighted by Crippen LogP contribution is 2.31. The van der Waals surface area contributed by atoms with Crippen LogP contribution in [0.25, 0.3) is 0 Å². The van der Waals surface area contributed by atoms with Gasteiger partial charge in [0, 0.05) is 18.2 Å². The molecule has 0 radical (unpaired) electrons. The summed E-state index contributed by atoms with van der Waals surface area (Å²) in [5, 5.41) is 0. The molecule has 0 aromatic carbocycles. The van der Waals surface area contributed by atoms with Crippen LogP contribution in [0.5, 0.6) is 5.88 Å². The monoisotopic (exact) mass is 282 g/mol. The number of hydrogen-bond donors (Lipinski definition) is 1. The lowest BCUT2D eigenvalue weighted by Gasteiger charge is -2.28. The fraction of sp³-hybridized carbons (Fsp3) is 0.643. The smallest absolute Gasteiger partial charge is 0.218 e. The molecule has 0 saturated carbocycles. The second-order valence-electron chi connectivity index (χ2n) is 5.78. The lowest BCUT2D eigenvalue weighted by Crippen LogP contribution is -2.37. The number of fused-ring (bicyclic) bond motifs is 1. The van der Waals surface area contributed by atoms with E-state index in [1.807, 2.05) is 27.0 Å². The van der Waals surface area contributed by atoms with E-state index in [4.69, 9.17) is 4.74 Å². The van der Waals surface area contributed by atoms with E-state index in [0.717, 1.165) is 18.4 Å². The molecule has 106 valence electrons. The summed E-state index contributed by atoms with van der Waals surface area (Å²) in [6.07, 6.45) is 3.61. The van der Waals surface area contributed by atoms with Crippen molar-refractivity contribution in [3.8, 4) is 5.88 Å². The highest BCUT2D eigenvalue weighted by atomic mass is 32.2. The third kappa shape index (κ3) is 3.34. The van der Waals surface area contributed by atoms with Crippen molar-refractivity contribution in [1.82, 2.24) is 9.71 Å². The zero-order chi connectivity index (χ0) is 14.0. The molecule has 1 aromatic heterocycles. The maximum absolute atomic E-state index is 12.2. The molecule has 2 rings (SSSR count). The van der Waals surface area contributed by atoms with E-state index in [2.05, 4.69) is 22.7 Å². The molecule has 19 heavy (non-hydrogen) atoms. The second kappa shape index (κ2) is 5.59. The Bertz CT molecular complexity index is 483. The van der Waals surface area contributed by atoms with Gasteiger partial charge in [-0.05, 0) is 38.8 Å². The Hall–Kier alpha value is -0.940. The quantitative estimate of drug-likeness (QED) is 0.927. The molecular formula is C14H22N2O2S. The summed E-state index contributed by atoms with van der Waals surface area (Å²) >= 11 is 0. The number of rotatable bonds is 3. The fourth-order valence-electron chi connectivity index (χ4n) is 1.94. The number of aromatic nitrogens is 1. The van der Waals surface area contributed by atoms with E-state index in [-0.39, 0.29) is 10.8 Å². The fourth-order valence-corrected chi connectivity index (χ4v) is 2.79. The van der Waals surface area contributed by atoms with Crippen molar-refractivity contribution in [1.29, 1.82) is 0 Å². The summed E-state index contributed by atoms with van der Waals surface area (Å²) in [6.45, 7) is 8.62. The topological polar surface area (TPSA) is 51.2 Å². The van der Waals surface area contributed by atoms with Crippen LogP contribution in [0.1, 0.15) is 51.3 Å². The molecule has 0 unspecified atom stereocenters. The standard InChI is InChI=1S/C14H22N2O2S/c1-5-10-8-11-12(16-19(17)14(2,3)4)6-7-18-13(11)15-9-10/h8-9,12,16H,5-7H2,1-4H3/t12-,19-/m0/s1. The number of nitrogens with one attached hydrogen (secondary N) is 1. The van der Waals surface area contributed by atoms with E-state index >= 15 is 0 Å². The van der Waals surface area contributed by atoms with Crippen molar-refractivity contribution in [3.05, 3.63) is 23.4 Å². The SMILES string of the molecule is CCc1cnc2c(c1)[C@@H](N[S@@](=O)C(C)(C)C)CCO2. The van der Waals surface area contributed by atoms with Gasteiger partial charge in [-0.15, -0.1) is 0 Å². The Morgan fingerprint density at radius 2 is 2.26 bits per heavy atom. The van der Waals surface area contributed by atoms with Crippen LogP contribution < -0.4 is 9.46 Å². The van der Waals surface area contributed by atoms with E-state index in [1.54, 1.807) is 0 Å². The Kier molecular flexibility index (Phi) is 4.26. The third-order valence-electron chi connectivity index (χ3n) is 3.17. The summed E-state index contributed by atoms with van der Waals surface area (Å²) in [6, 6.07) is 2.17. The Morgan fingerprint density at radius 1 is 1.53 bits per heavy atom. The predicted octanol–water partition coefficient (Wildman–Crippen LogP) is 2.52. The maximum Gasteiger partial charge on any atom is 0.218 e. The lowest BCUT2D eigenvalue weighted by molar-refractivity contribution is 0.252. The molecule has 0 spiro atoms. The average molecular weight is 282 g/mol. The van der Waals surface area contributed by atoms with Crippen LogP contribution in [0.15, 0.2) is 12.3 Å². The summed E-state index contributed by atoms with van der Waals surface area (Å²) in [5.41, 5.74) is 2.21. The van der Waals surface area contributed by atoms with Crippen LogP contribution in [-0.2, 0) is 17.4 Å². The number of nitrogens with zero attached hydrogens (tertiary/aromatic N) is 1. The van der Waals surface area contributed by atoms with Crippen LogP contribution in [0.3, 0.4) is 0 Å². The average Bonchev–Trinajstić information content (AvgIpc) is 2.37. The summed E-state index contributed by atoms with van der Waals surface area (Å²) in [7, 11) is -1.08. The number of aryl methyl sites for hydroxylation is 1. The van der Waals surface area contributed by atoms with Gasteiger partial charge < -0.3 is 4.74 Å². The second-order valence-corrected chi connectivity index (χ2v) is 7.78. The largest absolute Gasteiger partial charge is 0.477 e. The van der Waals surface area contributed by atoms with Crippen LogP contribution in [0, 0.1) is 0 Å². The van der Waals surface area contributed by atoms with E-state index in [9.17, 15) is 4.21 Å². The minimum atomic E-state index is -1.08. The van der Waals surface area contributed by atoms with Crippen molar-refractivity contribution in [3.63, 3.8) is 0 Å². The van der Waals surface area contributed by atoms with Crippen molar-refractivity contribution >= 4 is 11.0 Å². The van der Waals surface area contributed by atoms with Gasteiger partial charge in [0.1, 0.15) is 0 Å². The highest BCUT2D eigenvalue weighted by Gasteiger charge is 2.28. The summed E-state index contributed by atoms with van der Waals surface area (Å²) < 4.78 is 20.8. The molecule has 4 nitrogen and oxygen atoms in total. The van der Waals surface area contributed by atoms with E-state index in [1.165, 1.54) is 5.56 Å². The molecule has 1 N–H and O–H groups in total. The van der Waals surface area contributed by atoms with Crippen LogP contribution in [-0.4, -0.2) is 20.5 Å². The number of hydrogen-bond acceptors (Lipinski definition) is 3. The van der Waals surface area contributed by atoms with Crippen molar-refractivity contribution in [2.75, 3.05) is 6.61 Å². The van der Waals surface area contributed by atoms with Gasteiger partial charge >= 0.3 is 0 Å². The number of pyridine rings is 1. The molecule has 0 saturated heterocycles. The van der Waals surface area contributed by atoms with Crippen LogP contribution >= 0.6 is 0 Å². The molecule has 1 aromatic rings. The first-order valence-corrected chi connectivity index (χ1v) is 7.86. The van der Waals surface area contributed by atoms with Gasteiger partial charge in [-0.3, -0.25) is 0 Å². The summed E-state index contributed by atoms with van der Waals surface area (Å²) in [4.78, 5) is 4.35. The van der Waals surface area contributed by atoms with Crippen molar-refractivity contribution < 1.29 is 8.95 Å². The van der Waals surface area contributed by atoms with Crippen molar-refractivity contribution in [2.24, 2.45) is 0 Å². The Labute approximate surface area is 117 Å². The molecular weight excluding hydrogens is 260 g/mol. The molecule has 0 bridgehead atoms. The normalized spacial score (nSPS) is 20.5. The number of ether oxygens (including phenoxy) is 1. The van der Waals surface area contributed by atoms with Gasteiger partial charge in [0.15, 0.2) is 0 Å². The van der Waals surface area contributed by atoms with E-state index in [0.29, 0.717) is 12.5 Å². The van der Waals surface area contributed by atoms with Gasteiger partial charge in [-0.2, -0.15) is 0 Å². The van der Waals surface area contributed by atoms with Crippen molar-refractivity contribution in [2.45, 2.75) is 51.3 Å². The minimum Gasteiger partial charge on any atom is -0.477 e. The van der Waals surface area contributed by atoms with Gasteiger partial charge in [0.25, 0.3) is 0 Å². The first-order valence-electron chi connectivity index (χ1n) is 6.71. The maximum atomic E-state index is 12.2. The van der Waals surface area contributed by atoms with Gasteiger partial charge in [0.05, 0.1) is 28.4 Å². The lowest BCUT2D eigenvalue weighted by atomic mass is 10.0.